The summed E-state index contributed by atoms with van der Waals surface area (Å²) in [7, 11) is 0. The number of amides is 3. The molecule has 2 N–H and O–H groups in total. The van der Waals surface area contributed by atoms with Crippen LogP contribution in [0.4, 0.5) is 20.7 Å². The van der Waals surface area contributed by atoms with Crippen molar-refractivity contribution >= 4 is 23.4 Å². The zero-order chi connectivity index (χ0) is 31.7. The molecule has 0 radical (unpaired) electrons. The van der Waals surface area contributed by atoms with Crippen molar-refractivity contribution in [1.82, 2.24) is 14.7 Å². The molecular weight excluding hydrogens is 565 g/mol. The Morgan fingerprint density at radius 3 is 2.31 bits per heavy atom. The molecule has 6 rings (SSSR count). The second kappa shape index (κ2) is 12.5. The van der Waals surface area contributed by atoms with Gasteiger partial charge in [-0.3, -0.25) is 10.1 Å². The van der Waals surface area contributed by atoms with Crippen LogP contribution in [0.5, 0.6) is 0 Å². The number of urea groups is 1. The maximum atomic E-state index is 14.2. The first kappa shape index (κ1) is 30.6. The van der Waals surface area contributed by atoms with E-state index in [1.165, 1.54) is 6.07 Å². The molecule has 2 bridgehead atoms. The molecule has 2 aliphatic heterocycles. The lowest BCUT2D eigenvalue weighted by Crippen LogP contribution is -2.47. The van der Waals surface area contributed by atoms with Crippen LogP contribution in [0.3, 0.4) is 0 Å². The Kier molecular flexibility index (Phi) is 8.49. The quantitative estimate of drug-likeness (QED) is 0.225. The highest BCUT2D eigenvalue weighted by atomic mass is 19.1. The van der Waals surface area contributed by atoms with E-state index >= 15 is 0 Å². The third kappa shape index (κ3) is 6.95. The van der Waals surface area contributed by atoms with E-state index in [1.54, 1.807) is 22.9 Å². The van der Waals surface area contributed by atoms with E-state index in [-0.39, 0.29) is 41.7 Å². The molecule has 2 aliphatic rings. The fraction of sp³-hybridized carbons (Fsp3) is 0.378. The van der Waals surface area contributed by atoms with Gasteiger partial charge in [0.15, 0.2) is 0 Å². The molecule has 45 heavy (non-hydrogen) atoms. The van der Waals surface area contributed by atoms with Crippen molar-refractivity contribution in [1.29, 1.82) is 0 Å². The molecule has 2 atom stereocenters. The number of hydrogen-bond donors (Lipinski definition) is 2. The van der Waals surface area contributed by atoms with E-state index in [1.807, 2.05) is 60.4 Å². The predicted octanol–water partition coefficient (Wildman–Crippen LogP) is 7.82. The van der Waals surface area contributed by atoms with E-state index < -0.39 is 0 Å². The first-order valence-corrected chi connectivity index (χ1v) is 15.9. The van der Waals surface area contributed by atoms with Gasteiger partial charge < -0.3 is 10.2 Å². The molecule has 234 valence electrons. The number of halogens is 1. The minimum atomic E-state index is -0.333. The zero-order valence-corrected chi connectivity index (χ0v) is 26.5. The van der Waals surface area contributed by atoms with Crippen molar-refractivity contribution in [3.8, 4) is 5.69 Å². The summed E-state index contributed by atoms with van der Waals surface area (Å²) in [6.07, 6.45) is 4.88. The van der Waals surface area contributed by atoms with Gasteiger partial charge in [0.05, 0.1) is 17.8 Å². The number of benzene rings is 3. The topological polar surface area (TPSA) is 79.3 Å². The molecule has 3 heterocycles. The van der Waals surface area contributed by atoms with Crippen molar-refractivity contribution in [2.75, 3.05) is 10.6 Å². The van der Waals surface area contributed by atoms with Gasteiger partial charge in [0.25, 0.3) is 0 Å². The van der Waals surface area contributed by atoms with Gasteiger partial charge in [-0.05, 0) is 86.4 Å². The van der Waals surface area contributed by atoms with Gasteiger partial charge in [-0.2, -0.15) is 5.10 Å². The largest absolute Gasteiger partial charge is 0.336 e. The van der Waals surface area contributed by atoms with Crippen molar-refractivity contribution in [3.05, 3.63) is 107 Å². The number of rotatable bonds is 7. The summed E-state index contributed by atoms with van der Waals surface area (Å²) in [6.45, 7) is 8.34. The van der Waals surface area contributed by atoms with Crippen LogP contribution in [0.1, 0.15) is 68.8 Å². The number of anilines is 2. The van der Waals surface area contributed by atoms with Crippen LogP contribution in [-0.4, -0.2) is 38.7 Å². The first-order chi connectivity index (χ1) is 21.5. The molecule has 1 aromatic heterocycles. The summed E-state index contributed by atoms with van der Waals surface area (Å²) < 4.78 is 16.0. The number of piperidine rings is 1. The molecule has 2 fully saturated rings. The van der Waals surface area contributed by atoms with E-state index in [4.69, 9.17) is 5.10 Å². The van der Waals surface area contributed by atoms with Crippen molar-refractivity contribution in [2.45, 2.75) is 83.7 Å². The summed E-state index contributed by atoms with van der Waals surface area (Å²) in [5.74, 6) is 0.761. The average molecular weight is 608 g/mol. The standard InChI is InChI=1S/C37H42FN5O2/c1-24-12-14-29(15-13-24)43-34(23-33(41-43)37(2,3)4)40-36(45)39-28-10-7-8-25(19-28)18-26-20-30-16-17-31(21-26)42(30)35(44)22-27-9-5-6-11-32(27)38/h5-15,19,23,26,30-31H,16-18,20-22H2,1-4H3,(H2,39,40,45). The Bertz CT molecular complexity index is 1680. The van der Waals surface area contributed by atoms with Gasteiger partial charge in [0.2, 0.25) is 5.91 Å². The highest BCUT2D eigenvalue weighted by Gasteiger charge is 2.43. The minimum Gasteiger partial charge on any atom is -0.336 e. The molecular formula is C37H42FN5O2. The summed E-state index contributed by atoms with van der Waals surface area (Å²) in [5.41, 5.74) is 5.08. The molecule has 3 aromatic carbocycles. The predicted molar refractivity (Wildman–Crippen MR) is 176 cm³/mol. The minimum absolute atomic E-state index is 0.0293. The van der Waals surface area contributed by atoms with E-state index in [9.17, 15) is 14.0 Å². The number of nitrogens with one attached hydrogen (secondary N) is 2. The number of fused-ring (bicyclic) bond motifs is 2. The second-order valence-electron chi connectivity index (χ2n) is 13.7. The van der Waals surface area contributed by atoms with Crippen LogP contribution in [0.25, 0.3) is 5.69 Å². The number of nitrogens with zero attached hydrogens (tertiary/aromatic N) is 3. The Morgan fingerprint density at radius 1 is 0.911 bits per heavy atom. The number of carbonyl (C=O) groups excluding carboxylic acids is 2. The van der Waals surface area contributed by atoms with Crippen LogP contribution in [0, 0.1) is 18.7 Å². The number of hydrogen-bond acceptors (Lipinski definition) is 3. The number of aryl methyl sites for hydroxylation is 1. The lowest BCUT2D eigenvalue weighted by atomic mass is 9.85. The lowest BCUT2D eigenvalue weighted by molar-refractivity contribution is -0.135. The fourth-order valence-electron chi connectivity index (χ4n) is 6.87. The monoisotopic (exact) mass is 607 g/mol. The summed E-state index contributed by atoms with van der Waals surface area (Å²) in [4.78, 5) is 28.4. The van der Waals surface area contributed by atoms with Crippen LogP contribution < -0.4 is 10.6 Å². The Balaban J connectivity index is 1.09. The third-order valence-corrected chi connectivity index (χ3v) is 9.13. The SMILES string of the molecule is Cc1ccc(-n2nc(C(C)(C)C)cc2NC(=O)Nc2cccc(CC3CC4CCC(C3)N4C(=O)Cc3ccccc3F)c2)cc1. The molecule has 2 saturated heterocycles. The second-order valence-corrected chi connectivity index (χ2v) is 13.7. The molecule has 0 aliphatic carbocycles. The van der Waals surface area contributed by atoms with Gasteiger partial charge in [0, 0.05) is 29.3 Å². The van der Waals surface area contributed by atoms with Gasteiger partial charge >= 0.3 is 6.03 Å². The van der Waals surface area contributed by atoms with Crippen molar-refractivity contribution in [2.24, 2.45) is 5.92 Å². The molecule has 8 heteroatoms. The van der Waals surface area contributed by atoms with Gasteiger partial charge in [-0.25, -0.2) is 13.9 Å². The Labute approximate surface area is 264 Å². The summed E-state index contributed by atoms with van der Waals surface area (Å²) in [5, 5.41) is 10.8. The smallest absolute Gasteiger partial charge is 0.324 e. The highest BCUT2D eigenvalue weighted by molar-refractivity contribution is 5.99. The third-order valence-electron chi connectivity index (χ3n) is 9.13. The number of carbonyl (C=O) groups is 2. The molecule has 0 saturated carbocycles. The van der Waals surface area contributed by atoms with Crippen LogP contribution in [0.2, 0.25) is 0 Å². The van der Waals surface area contributed by atoms with Crippen LogP contribution >= 0.6 is 0 Å². The number of aromatic nitrogens is 2. The maximum Gasteiger partial charge on any atom is 0.324 e. The average Bonchev–Trinajstić information content (AvgIpc) is 3.53. The van der Waals surface area contributed by atoms with Gasteiger partial charge in [0.1, 0.15) is 11.6 Å². The molecule has 2 unspecified atom stereocenters. The normalized spacial score (nSPS) is 19.4. The lowest BCUT2D eigenvalue weighted by Gasteiger charge is -2.39. The molecule has 7 nitrogen and oxygen atoms in total. The highest BCUT2D eigenvalue weighted by Crippen LogP contribution is 2.40. The molecule has 4 aromatic rings. The Morgan fingerprint density at radius 2 is 1.62 bits per heavy atom. The van der Waals surface area contributed by atoms with Crippen LogP contribution in [-0.2, 0) is 23.1 Å². The van der Waals surface area contributed by atoms with E-state index in [0.29, 0.717) is 17.3 Å². The molecule has 0 spiro atoms. The van der Waals surface area contributed by atoms with Crippen molar-refractivity contribution < 1.29 is 14.0 Å². The summed E-state index contributed by atoms with van der Waals surface area (Å²) in [6, 6.07) is 24.6. The van der Waals surface area contributed by atoms with Crippen molar-refractivity contribution in [3.63, 3.8) is 0 Å². The Hall–Kier alpha value is -4.46. The molecule has 3 amide bonds. The maximum absolute atomic E-state index is 14.2. The van der Waals surface area contributed by atoms with Gasteiger partial charge in [-0.1, -0.05) is 68.8 Å². The summed E-state index contributed by atoms with van der Waals surface area (Å²) >= 11 is 0. The van der Waals surface area contributed by atoms with E-state index in [0.717, 1.165) is 60.3 Å². The van der Waals surface area contributed by atoms with E-state index in [2.05, 4.69) is 37.5 Å². The van der Waals surface area contributed by atoms with Crippen LogP contribution in [0.15, 0.2) is 78.9 Å². The van der Waals surface area contributed by atoms with Gasteiger partial charge in [-0.15, -0.1) is 0 Å². The fourth-order valence-corrected chi connectivity index (χ4v) is 6.87. The first-order valence-electron chi connectivity index (χ1n) is 15.9. The zero-order valence-electron chi connectivity index (χ0n) is 26.5.